The second-order valence-corrected chi connectivity index (χ2v) is 6.86. The van der Waals surface area contributed by atoms with E-state index in [0.717, 1.165) is 41.8 Å². The lowest BCUT2D eigenvalue weighted by atomic mass is 9.98. The molecule has 0 N–H and O–H groups in total. The lowest BCUT2D eigenvalue weighted by Gasteiger charge is -2.33. The molecule has 0 bridgehead atoms. The Kier molecular flexibility index (Phi) is 5.03. The molecule has 26 heavy (non-hydrogen) atoms. The minimum absolute atomic E-state index is 0.106. The molecule has 2 heterocycles. The predicted molar refractivity (Wildman–Crippen MR) is 91.0 cm³/mol. The SMILES string of the molecule is COc1cc(N2CCCC(c3nc(C(F)(F)F)cs3)C2)ccc1[N+](=O)[O-]. The minimum Gasteiger partial charge on any atom is -0.490 e. The molecule has 0 amide bonds. The molecular weight excluding hydrogens is 371 g/mol. The van der Waals surface area contributed by atoms with Crippen molar-refractivity contribution in [2.24, 2.45) is 0 Å². The highest BCUT2D eigenvalue weighted by Crippen LogP contribution is 2.37. The fourth-order valence-corrected chi connectivity index (χ4v) is 3.99. The Morgan fingerprint density at radius 3 is 2.81 bits per heavy atom. The van der Waals surface area contributed by atoms with Gasteiger partial charge >= 0.3 is 11.9 Å². The standard InChI is InChI=1S/C16H16F3N3O3S/c1-25-13-7-11(4-5-12(13)22(23)24)21-6-2-3-10(8-21)15-20-14(9-26-15)16(17,18)19/h4-5,7,9-10H,2-3,6,8H2,1H3. The number of hydrogen-bond donors (Lipinski definition) is 0. The van der Waals surface area contributed by atoms with Crippen molar-refractivity contribution in [2.45, 2.75) is 24.9 Å². The largest absolute Gasteiger partial charge is 0.490 e. The Bertz CT molecular complexity index is 810. The van der Waals surface area contributed by atoms with Crippen molar-refractivity contribution in [2.75, 3.05) is 25.1 Å². The molecule has 1 saturated heterocycles. The van der Waals surface area contributed by atoms with Crippen molar-refractivity contribution >= 4 is 22.7 Å². The number of methoxy groups -OCH3 is 1. The minimum atomic E-state index is -4.44. The molecule has 1 aromatic carbocycles. The highest BCUT2D eigenvalue weighted by molar-refractivity contribution is 7.09. The number of nitrogens with zero attached hydrogens (tertiary/aromatic N) is 3. The van der Waals surface area contributed by atoms with Crippen LogP contribution in [0.1, 0.15) is 29.5 Å². The number of ether oxygens (including phenoxy) is 1. The Labute approximate surface area is 151 Å². The second-order valence-electron chi connectivity index (χ2n) is 5.97. The van der Waals surface area contributed by atoms with E-state index in [1.807, 2.05) is 4.90 Å². The van der Waals surface area contributed by atoms with Gasteiger partial charge in [0.25, 0.3) is 0 Å². The smallest absolute Gasteiger partial charge is 0.434 e. The van der Waals surface area contributed by atoms with Crippen molar-refractivity contribution < 1.29 is 22.8 Å². The van der Waals surface area contributed by atoms with Crippen LogP contribution in [0.4, 0.5) is 24.5 Å². The molecule has 3 rings (SSSR count). The first-order valence-electron chi connectivity index (χ1n) is 7.89. The molecule has 1 aromatic heterocycles. The summed E-state index contributed by atoms with van der Waals surface area (Å²) >= 11 is 1.02. The van der Waals surface area contributed by atoms with Crippen LogP contribution in [0.2, 0.25) is 0 Å². The maximum atomic E-state index is 12.8. The number of aromatic nitrogens is 1. The predicted octanol–water partition coefficient (Wildman–Crippen LogP) is 4.46. The Morgan fingerprint density at radius 2 is 2.19 bits per heavy atom. The maximum Gasteiger partial charge on any atom is 0.434 e. The summed E-state index contributed by atoms with van der Waals surface area (Å²) < 4.78 is 43.4. The monoisotopic (exact) mass is 387 g/mol. The van der Waals surface area contributed by atoms with E-state index in [4.69, 9.17) is 4.74 Å². The van der Waals surface area contributed by atoms with Crippen LogP contribution in [0.5, 0.6) is 5.75 Å². The number of thiazole rings is 1. The molecule has 140 valence electrons. The molecule has 0 saturated carbocycles. The summed E-state index contributed by atoms with van der Waals surface area (Å²) in [4.78, 5) is 16.2. The molecule has 0 radical (unpaired) electrons. The van der Waals surface area contributed by atoms with Crippen LogP contribution < -0.4 is 9.64 Å². The number of nitro groups is 1. The van der Waals surface area contributed by atoms with Gasteiger partial charge in [0.15, 0.2) is 11.4 Å². The Morgan fingerprint density at radius 1 is 1.42 bits per heavy atom. The maximum absolute atomic E-state index is 12.8. The van der Waals surface area contributed by atoms with E-state index in [2.05, 4.69) is 4.98 Å². The number of piperidine rings is 1. The summed E-state index contributed by atoms with van der Waals surface area (Å²) in [7, 11) is 1.36. The topological polar surface area (TPSA) is 68.5 Å². The average Bonchev–Trinajstić information content (AvgIpc) is 3.11. The number of rotatable bonds is 4. The van der Waals surface area contributed by atoms with Gasteiger partial charge in [0.1, 0.15) is 0 Å². The van der Waals surface area contributed by atoms with Crippen molar-refractivity contribution in [3.63, 3.8) is 0 Å². The third-order valence-electron chi connectivity index (χ3n) is 4.31. The first-order valence-corrected chi connectivity index (χ1v) is 8.77. The zero-order valence-corrected chi connectivity index (χ0v) is 14.6. The number of alkyl halides is 3. The number of halogens is 3. The van der Waals surface area contributed by atoms with Gasteiger partial charge in [-0.1, -0.05) is 0 Å². The van der Waals surface area contributed by atoms with E-state index in [-0.39, 0.29) is 17.4 Å². The van der Waals surface area contributed by atoms with Crippen LogP contribution in [0.3, 0.4) is 0 Å². The summed E-state index contributed by atoms with van der Waals surface area (Å²) in [6, 6.07) is 4.60. The van der Waals surface area contributed by atoms with E-state index in [1.165, 1.54) is 13.2 Å². The normalized spacial score (nSPS) is 18.0. The Hall–Kier alpha value is -2.36. The molecule has 1 fully saturated rings. The van der Waals surface area contributed by atoms with Gasteiger partial charge in [0.05, 0.1) is 17.0 Å². The molecule has 6 nitrogen and oxygen atoms in total. The van der Waals surface area contributed by atoms with Gasteiger partial charge in [0.2, 0.25) is 0 Å². The van der Waals surface area contributed by atoms with Crippen molar-refractivity contribution in [3.05, 3.63) is 44.4 Å². The van der Waals surface area contributed by atoms with Crippen LogP contribution in [0, 0.1) is 10.1 Å². The number of nitro benzene ring substituents is 1. The van der Waals surface area contributed by atoms with E-state index in [0.29, 0.717) is 11.6 Å². The molecule has 1 unspecified atom stereocenters. The van der Waals surface area contributed by atoms with Crippen molar-refractivity contribution in [3.8, 4) is 5.75 Å². The number of benzene rings is 1. The molecule has 1 atom stereocenters. The van der Waals surface area contributed by atoms with E-state index >= 15 is 0 Å². The summed E-state index contributed by atoms with van der Waals surface area (Å²) in [5.74, 6) is 0.0502. The zero-order chi connectivity index (χ0) is 18.9. The highest BCUT2D eigenvalue weighted by Gasteiger charge is 2.35. The van der Waals surface area contributed by atoms with Crippen LogP contribution in [0.25, 0.3) is 0 Å². The van der Waals surface area contributed by atoms with Crippen LogP contribution in [-0.4, -0.2) is 30.1 Å². The van der Waals surface area contributed by atoms with Crippen LogP contribution in [0.15, 0.2) is 23.6 Å². The quantitative estimate of drug-likeness (QED) is 0.572. The fourth-order valence-electron chi connectivity index (χ4n) is 3.03. The Balaban J connectivity index is 1.80. The van der Waals surface area contributed by atoms with E-state index in [9.17, 15) is 23.3 Å². The number of hydrogen-bond acceptors (Lipinski definition) is 6. The molecular formula is C16H16F3N3O3S. The summed E-state index contributed by atoms with van der Waals surface area (Å²) in [6.07, 6.45) is -2.88. The van der Waals surface area contributed by atoms with Crippen LogP contribution >= 0.6 is 11.3 Å². The van der Waals surface area contributed by atoms with Crippen molar-refractivity contribution in [1.29, 1.82) is 0 Å². The van der Waals surface area contributed by atoms with Gasteiger partial charge in [-0.05, 0) is 18.9 Å². The molecule has 0 spiro atoms. The fraction of sp³-hybridized carbons (Fsp3) is 0.438. The summed E-state index contributed by atoms with van der Waals surface area (Å²) in [6.45, 7) is 1.22. The van der Waals surface area contributed by atoms with Gasteiger partial charge in [-0.15, -0.1) is 11.3 Å². The van der Waals surface area contributed by atoms with E-state index in [1.54, 1.807) is 12.1 Å². The first kappa shape index (κ1) is 18.4. The molecule has 1 aliphatic heterocycles. The summed E-state index contributed by atoms with van der Waals surface area (Å²) in [5.41, 5.74) is -0.240. The molecule has 10 heteroatoms. The van der Waals surface area contributed by atoms with Gasteiger partial charge in [0, 0.05) is 42.2 Å². The van der Waals surface area contributed by atoms with Gasteiger partial charge < -0.3 is 9.64 Å². The second kappa shape index (κ2) is 7.10. The molecule has 2 aromatic rings. The molecule has 1 aliphatic rings. The number of anilines is 1. The van der Waals surface area contributed by atoms with Crippen LogP contribution in [-0.2, 0) is 6.18 Å². The summed E-state index contributed by atoms with van der Waals surface area (Å²) in [5, 5.41) is 12.5. The third kappa shape index (κ3) is 3.74. The van der Waals surface area contributed by atoms with Gasteiger partial charge in [-0.3, -0.25) is 10.1 Å². The highest BCUT2D eigenvalue weighted by atomic mass is 32.1. The van der Waals surface area contributed by atoms with Gasteiger partial charge in [-0.25, -0.2) is 4.98 Å². The van der Waals surface area contributed by atoms with Crippen molar-refractivity contribution in [1.82, 2.24) is 4.98 Å². The lowest BCUT2D eigenvalue weighted by Crippen LogP contribution is -2.34. The average molecular weight is 387 g/mol. The first-order chi connectivity index (χ1) is 12.3. The zero-order valence-electron chi connectivity index (χ0n) is 13.8. The third-order valence-corrected chi connectivity index (χ3v) is 5.32. The van der Waals surface area contributed by atoms with E-state index < -0.39 is 16.8 Å². The lowest BCUT2D eigenvalue weighted by molar-refractivity contribution is -0.385. The molecule has 0 aliphatic carbocycles. The van der Waals surface area contributed by atoms with Gasteiger partial charge in [-0.2, -0.15) is 13.2 Å².